The molecule has 1 unspecified atom stereocenters. The van der Waals surface area contributed by atoms with Gasteiger partial charge in [-0.05, 0) is 25.3 Å². The first-order chi connectivity index (χ1) is 7.29. The molecule has 90 valence electrons. The fourth-order valence-electron chi connectivity index (χ4n) is 1.56. The second-order valence-electron chi connectivity index (χ2n) is 4.37. The van der Waals surface area contributed by atoms with E-state index in [4.69, 9.17) is 10.3 Å². The summed E-state index contributed by atoms with van der Waals surface area (Å²) in [6.45, 7) is 1.63. The van der Waals surface area contributed by atoms with Crippen LogP contribution in [0.5, 0.6) is 0 Å². The predicted octanol–water partition coefficient (Wildman–Crippen LogP) is 1.22. The zero-order valence-corrected chi connectivity index (χ0v) is 10.1. The van der Waals surface area contributed by atoms with Gasteiger partial charge < -0.3 is 5.73 Å². The Labute approximate surface area is 96.2 Å². The van der Waals surface area contributed by atoms with Crippen LogP contribution in [-0.2, 0) is 16.5 Å². The SMILES string of the molecule is CC(N)(CCc1ccccc1)CS(=O)(=O)O. The Morgan fingerprint density at radius 1 is 1.31 bits per heavy atom. The van der Waals surface area contributed by atoms with E-state index in [1.807, 2.05) is 30.3 Å². The van der Waals surface area contributed by atoms with Gasteiger partial charge in [0.05, 0.1) is 5.75 Å². The molecule has 0 saturated heterocycles. The van der Waals surface area contributed by atoms with Crippen molar-refractivity contribution in [3.63, 3.8) is 0 Å². The van der Waals surface area contributed by atoms with Crippen molar-refractivity contribution in [2.75, 3.05) is 5.75 Å². The summed E-state index contributed by atoms with van der Waals surface area (Å²) >= 11 is 0. The first-order valence-corrected chi connectivity index (χ1v) is 6.67. The Hall–Kier alpha value is -0.910. The van der Waals surface area contributed by atoms with Crippen LogP contribution in [0.25, 0.3) is 0 Å². The van der Waals surface area contributed by atoms with Crippen molar-refractivity contribution in [2.45, 2.75) is 25.3 Å². The van der Waals surface area contributed by atoms with Gasteiger partial charge in [-0.1, -0.05) is 30.3 Å². The highest BCUT2D eigenvalue weighted by atomic mass is 32.2. The highest BCUT2D eigenvalue weighted by molar-refractivity contribution is 7.85. The molecule has 0 amide bonds. The molecule has 1 atom stereocenters. The van der Waals surface area contributed by atoms with Crippen LogP contribution in [0.4, 0.5) is 0 Å². The minimum atomic E-state index is -4.01. The van der Waals surface area contributed by atoms with E-state index in [2.05, 4.69) is 0 Å². The topological polar surface area (TPSA) is 80.4 Å². The van der Waals surface area contributed by atoms with Gasteiger partial charge in [0.1, 0.15) is 0 Å². The van der Waals surface area contributed by atoms with Crippen molar-refractivity contribution in [1.82, 2.24) is 0 Å². The molecule has 0 aliphatic heterocycles. The number of rotatable bonds is 5. The molecule has 4 nitrogen and oxygen atoms in total. The Bertz CT molecular complexity index is 426. The van der Waals surface area contributed by atoms with E-state index >= 15 is 0 Å². The quantitative estimate of drug-likeness (QED) is 0.762. The van der Waals surface area contributed by atoms with Crippen molar-refractivity contribution >= 4 is 10.1 Å². The second kappa shape index (κ2) is 4.95. The molecule has 0 spiro atoms. The van der Waals surface area contributed by atoms with Crippen LogP contribution in [0.1, 0.15) is 18.9 Å². The summed E-state index contributed by atoms with van der Waals surface area (Å²) in [7, 11) is -4.01. The molecule has 0 aliphatic carbocycles. The predicted molar refractivity (Wildman–Crippen MR) is 63.8 cm³/mol. The van der Waals surface area contributed by atoms with Gasteiger partial charge in [0.2, 0.25) is 0 Å². The highest BCUT2D eigenvalue weighted by Crippen LogP contribution is 2.13. The average molecular weight is 243 g/mol. The Morgan fingerprint density at radius 2 is 1.88 bits per heavy atom. The smallest absolute Gasteiger partial charge is 0.266 e. The first kappa shape index (κ1) is 13.2. The van der Waals surface area contributed by atoms with Crippen molar-refractivity contribution in [1.29, 1.82) is 0 Å². The standard InChI is InChI=1S/C11H17NO3S/c1-11(12,9-16(13,14)15)8-7-10-5-3-2-4-6-10/h2-6H,7-9,12H2,1H3,(H,13,14,15). The van der Waals surface area contributed by atoms with Gasteiger partial charge in [0.25, 0.3) is 10.1 Å². The summed E-state index contributed by atoms with van der Waals surface area (Å²) in [6, 6.07) is 9.69. The maximum atomic E-state index is 10.7. The van der Waals surface area contributed by atoms with Crippen molar-refractivity contribution < 1.29 is 13.0 Å². The summed E-state index contributed by atoms with van der Waals surface area (Å²) in [6.07, 6.45) is 1.21. The molecule has 3 N–H and O–H groups in total. The van der Waals surface area contributed by atoms with Crippen LogP contribution >= 0.6 is 0 Å². The molecule has 5 heteroatoms. The lowest BCUT2D eigenvalue weighted by Gasteiger charge is -2.22. The van der Waals surface area contributed by atoms with Gasteiger partial charge in [-0.2, -0.15) is 8.42 Å². The first-order valence-electron chi connectivity index (χ1n) is 5.06. The van der Waals surface area contributed by atoms with E-state index in [1.54, 1.807) is 6.92 Å². The van der Waals surface area contributed by atoms with Crippen LogP contribution in [0.15, 0.2) is 30.3 Å². The van der Waals surface area contributed by atoms with Gasteiger partial charge in [-0.15, -0.1) is 0 Å². The normalized spacial score (nSPS) is 15.7. The molecule has 1 aromatic rings. The molecule has 1 aromatic carbocycles. The third kappa shape index (κ3) is 5.25. The molecule has 16 heavy (non-hydrogen) atoms. The van der Waals surface area contributed by atoms with Crippen LogP contribution < -0.4 is 5.73 Å². The minimum Gasteiger partial charge on any atom is -0.324 e. The molecule has 0 bridgehead atoms. The summed E-state index contributed by atoms with van der Waals surface area (Å²) < 4.78 is 30.2. The van der Waals surface area contributed by atoms with Gasteiger partial charge in [0.15, 0.2) is 0 Å². The third-order valence-electron chi connectivity index (χ3n) is 2.34. The molecular formula is C11H17NO3S. The zero-order chi connectivity index (χ0) is 12.2. The van der Waals surface area contributed by atoms with Crippen molar-refractivity contribution in [3.8, 4) is 0 Å². The molecule has 0 fully saturated rings. The summed E-state index contributed by atoms with van der Waals surface area (Å²) in [5.74, 6) is -0.410. The molecule has 1 rings (SSSR count). The van der Waals surface area contributed by atoms with E-state index in [0.29, 0.717) is 12.8 Å². The number of benzene rings is 1. The second-order valence-corrected chi connectivity index (χ2v) is 5.82. The van der Waals surface area contributed by atoms with Crippen LogP contribution in [0, 0.1) is 0 Å². The van der Waals surface area contributed by atoms with E-state index in [9.17, 15) is 8.42 Å². The molecule has 0 heterocycles. The largest absolute Gasteiger partial charge is 0.324 e. The third-order valence-corrected chi connectivity index (χ3v) is 3.36. The Morgan fingerprint density at radius 3 is 2.38 bits per heavy atom. The number of hydrogen-bond acceptors (Lipinski definition) is 3. The van der Waals surface area contributed by atoms with Gasteiger partial charge >= 0.3 is 0 Å². The lowest BCUT2D eigenvalue weighted by molar-refractivity contribution is 0.431. The van der Waals surface area contributed by atoms with Gasteiger partial charge in [-0.3, -0.25) is 4.55 Å². The van der Waals surface area contributed by atoms with Crippen LogP contribution in [-0.4, -0.2) is 24.3 Å². The maximum Gasteiger partial charge on any atom is 0.266 e. The molecule has 0 aliphatic rings. The van der Waals surface area contributed by atoms with E-state index in [1.165, 1.54) is 0 Å². The van der Waals surface area contributed by atoms with Gasteiger partial charge in [0, 0.05) is 5.54 Å². The lowest BCUT2D eigenvalue weighted by Crippen LogP contribution is -2.43. The lowest BCUT2D eigenvalue weighted by atomic mass is 9.96. The van der Waals surface area contributed by atoms with E-state index < -0.39 is 21.4 Å². The molecular weight excluding hydrogens is 226 g/mol. The van der Waals surface area contributed by atoms with E-state index in [0.717, 1.165) is 5.56 Å². The molecule has 0 saturated carbocycles. The highest BCUT2D eigenvalue weighted by Gasteiger charge is 2.24. The zero-order valence-electron chi connectivity index (χ0n) is 9.26. The van der Waals surface area contributed by atoms with Crippen molar-refractivity contribution in [2.24, 2.45) is 5.73 Å². The maximum absolute atomic E-state index is 10.7. The summed E-state index contributed by atoms with van der Waals surface area (Å²) in [5, 5.41) is 0. The molecule has 0 aromatic heterocycles. The summed E-state index contributed by atoms with van der Waals surface area (Å²) in [5.41, 5.74) is 6.02. The fraction of sp³-hybridized carbons (Fsp3) is 0.455. The number of nitrogens with two attached hydrogens (primary N) is 1. The summed E-state index contributed by atoms with van der Waals surface area (Å²) in [4.78, 5) is 0. The van der Waals surface area contributed by atoms with Crippen molar-refractivity contribution in [3.05, 3.63) is 35.9 Å². The number of aryl methyl sites for hydroxylation is 1. The Kier molecular flexibility index (Phi) is 4.07. The average Bonchev–Trinajstić information content (AvgIpc) is 2.13. The molecule has 0 radical (unpaired) electrons. The monoisotopic (exact) mass is 243 g/mol. The van der Waals surface area contributed by atoms with E-state index in [-0.39, 0.29) is 0 Å². The number of hydrogen-bond donors (Lipinski definition) is 2. The van der Waals surface area contributed by atoms with Crippen LogP contribution in [0.2, 0.25) is 0 Å². The van der Waals surface area contributed by atoms with Gasteiger partial charge in [-0.25, -0.2) is 0 Å². The fourth-order valence-corrected chi connectivity index (χ4v) is 2.54. The van der Waals surface area contributed by atoms with Crippen LogP contribution in [0.3, 0.4) is 0 Å². The Balaban J connectivity index is 2.55. The minimum absolute atomic E-state index is 0.410.